The standard InChI is InChI=1S/C26H24F6O/c1-2-3-4-5-16-8-10-19-20(11-7-15-6-9-18(27)14-21(15)19)24(16)17-12-22(28)25(23(29)13-17)33-26(30,31)32/h6-7,9,11-14,16,24H,2-5,8,10H2,1H3/t16-,24-/m1/s1. The van der Waals surface area contributed by atoms with Crippen LogP contribution in [-0.4, -0.2) is 6.36 Å². The number of ether oxygens (including phenoxy) is 1. The zero-order valence-corrected chi connectivity index (χ0v) is 18.1. The van der Waals surface area contributed by atoms with Gasteiger partial charge in [-0.2, -0.15) is 0 Å². The number of halogens is 6. The molecule has 7 heteroatoms. The summed E-state index contributed by atoms with van der Waals surface area (Å²) >= 11 is 0. The fraction of sp³-hybridized carbons (Fsp3) is 0.385. The molecule has 0 spiro atoms. The van der Waals surface area contributed by atoms with Crippen LogP contribution in [0, 0.1) is 23.4 Å². The second kappa shape index (κ2) is 9.27. The molecular weight excluding hydrogens is 442 g/mol. The van der Waals surface area contributed by atoms with Gasteiger partial charge in [-0.05, 0) is 76.9 Å². The minimum atomic E-state index is -5.20. The molecule has 0 bridgehead atoms. The number of unbranched alkanes of at least 4 members (excludes halogenated alkanes) is 2. The highest BCUT2D eigenvalue weighted by Gasteiger charge is 2.36. The summed E-state index contributed by atoms with van der Waals surface area (Å²) in [6.45, 7) is 2.08. The van der Waals surface area contributed by atoms with Crippen LogP contribution in [0.15, 0.2) is 42.5 Å². The molecule has 1 aliphatic carbocycles. The summed E-state index contributed by atoms with van der Waals surface area (Å²) in [5, 5.41) is 1.62. The van der Waals surface area contributed by atoms with Crippen LogP contribution in [0.5, 0.6) is 5.75 Å². The van der Waals surface area contributed by atoms with Crippen LogP contribution in [0.3, 0.4) is 0 Å². The minimum Gasteiger partial charge on any atom is -0.399 e. The molecule has 4 rings (SSSR count). The molecule has 0 aliphatic heterocycles. The van der Waals surface area contributed by atoms with E-state index < -0.39 is 29.7 Å². The van der Waals surface area contributed by atoms with Gasteiger partial charge in [0.25, 0.3) is 0 Å². The first kappa shape index (κ1) is 23.5. The van der Waals surface area contributed by atoms with Gasteiger partial charge in [-0.1, -0.05) is 44.4 Å². The van der Waals surface area contributed by atoms with Gasteiger partial charge in [0.15, 0.2) is 11.6 Å². The van der Waals surface area contributed by atoms with Crippen LogP contribution < -0.4 is 4.74 Å². The van der Waals surface area contributed by atoms with Gasteiger partial charge < -0.3 is 4.74 Å². The van der Waals surface area contributed by atoms with E-state index >= 15 is 0 Å². The third kappa shape index (κ3) is 4.97. The van der Waals surface area contributed by atoms with Crippen molar-refractivity contribution in [3.63, 3.8) is 0 Å². The number of rotatable bonds is 6. The summed E-state index contributed by atoms with van der Waals surface area (Å²) in [5.74, 6) is -4.97. The van der Waals surface area contributed by atoms with Crippen molar-refractivity contribution in [1.29, 1.82) is 0 Å². The quantitative estimate of drug-likeness (QED) is 0.262. The van der Waals surface area contributed by atoms with E-state index in [2.05, 4.69) is 11.7 Å². The third-order valence-corrected chi connectivity index (χ3v) is 6.48. The van der Waals surface area contributed by atoms with Crippen LogP contribution >= 0.6 is 0 Å². The molecule has 0 fully saturated rings. The largest absolute Gasteiger partial charge is 0.573 e. The summed E-state index contributed by atoms with van der Waals surface area (Å²) in [7, 11) is 0. The number of fused-ring (bicyclic) bond motifs is 3. The van der Waals surface area contributed by atoms with Gasteiger partial charge >= 0.3 is 6.36 Å². The van der Waals surface area contributed by atoms with Crippen molar-refractivity contribution in [1.82, 2.24) is 0 Å². The van der Waals surface area contributed by atoms with Crippen molar-refractivity contribution in [2.45, 2.75) is 57.7 Å². The Balaban J connectivity index is 1.82. The average molecular weight is 466 g/mol. The Morgan fingerprint density at radius 1 is 0.939 bits per heavy atom. The normalized spacial score (nSPS) is 18.4. The van der Waals surface area contributed by atoms with Crippen molar-refractivity contribution < 1.29 is 31.1 Å². The molecule has 0 saturated heterocycles. The lowest BCUT2D eigenvalue weighted by Gasteiger charge is -2.35. The van der Waals surface area contributed by atoms with Crippen LogP contribution in [0.25, 0.3) is 10.8 Å². The molecule has 1 nitrogen and oxygen atoms in total. The Bertz CT molecular complexity index is 1130. The number of alkyl halides is 3. The van der Waals surface area contributed by atoms with Crippen molar-refractivity contribution in [2.75, 3.05) is 0 Å². The van der Waals surface area contributed by atoms with E-state index in [1.54, 1.807) is 6.07 Å². The second-order valence-electron chi connectivity index (χ2n) is 8.63. The maximum atomic E-state index is 14.6. The first-order chi connectivity index (χ1) is 15.7. The van der Waals surface area contributed by atoms with Gasteiger partial charge in [-0.3, -0.25) is 0 Å². The molecule has 33 heavy (non-hydrogen) atoms. The van der Waals surface area contributed by atoms with Crippen molar-refractivity contribution in [3.05, 3.63) is 76.6 Å². The molecule has 0 heterocycles. The van der Waals surface area contributed by atoms with Gasteiger partial charge in [0.1, 0.15) is 5.82 Å². The van der Waals surface area contributed by atoms with E-state index in [1.807, 2.05) is 12.1 Å². The lowest BCUT2D eigenvalue weighted by Crippen LogP contribution is -2.23. The number of hydrogen-bond acceptors (Lipinski definition) is 1. The highest BCUT2D eigenvalue weighted by molar-refractivity contribution is 5.87. The smallest absolute Gasteiger partial charge is 0.399 e. The van der Waals surface area contributed by atoms with Crippen molar-refractivity contribution in [3.8, 4) is 5.75 Å². The molecule has 3 aromatic rings. The lowest BCUT2D eigenvalue weighted by molar-refractivity contribution is -0.276. The second-order valence-corrected chi connectivity index (χ2v) is 8.63. The first-order valence-corrected chi connectivity index (χ1v) is 11.1. The summed E-state index contributed by atoms with van der Waals surface area (Å²) in [4.78, 5) is 0. The fourth-order valence-corrected chi connectivity index (χ4v) is 5.08. The van der Waals surface area contributed by atoms with Gasteiger partial charge in [0.05, 0.1) is 0 Å². The monoisotopic (exact) mass is 466 g/mol. The molecule has 0 N–H and O–H groups in total. The Kier molecular flexibility index (Phi) is 6.59. The summed E-state index contributed by atoms with van der Waals surface area (Å²) in [5.41, 5.74) is 2.02. The third-order valence-electron chi connectivity index (χ3n) is 6.48. The van der Waals surface area contributed by atoms with E-state index in [0.717, 1.165) is 66.1 Å². The van der Waals surface area contributed by atoms with E-state index in [1.165, 1.54) is 12.1 Å². The lowest BCUT2D eigenvalue weighted by atomic mass is 9.69. The summed E-state index contributed by atoms with van der Waals surface area (Å²) in [6.07, 6.45) is 0.0281. The fourth-order valence-electron chi connectivity index (χ4n) is 5.08. The van der Waals surface area contributed by atoms with Gasteiger partial charge in [0.2, 0.25) is 5.75 Å². The van der Waals surface area contributed by atoms with Crippen molar-refractivity contribution >= 4 is 10.8 Å². The molecule has 0 aromatic heterocycles. The molecule has 1 aliphatic rings. The maximum Gasteiger partial charge on any atom is 0.573 e. The van der Waals surface area contributed by atoms with Crippen LogP contribution in [0.4, 0.5) is 26.3 Å². The number of benzene rings is 3. The predicted octanol–water partition coefficient (Wildman–Crippen LogP) is 8.43. The Morgan fingerprint density at radius 3 is 2.30 bits per heavy atom. The topological polar surface area (TPSA) is 9.23 Å². The zero-order chi connectivity index (χ0) is 23.8. The van der Waals surface area contributed by atoms with E-state index in [9.17, 15) is 26.3 Å². The number of hydrogen-bond donors (Lipinski definition) is 0. The molecule has 176 valence electrons. The van der Waals surface area contributed by atoms with E-state index in [4.69, 9.17) is 0 Å². The van der Waals surface area contributed by atoms with Crippen LogP contribution in [-0.2, 0) is 6.42 Å². The Hall–Kier alpha value is -2.70. The highest BCUT2D eigenvalue weighted by atomic mass is 19.4. The first-order valence-electron chi connectivity index (χ1n) is 11.1. The molecule has 0 amide bonds. The zero-order valence-electron chi connectivity index (χ0n) is 18.1. The molecule has 3 aromatic carbocycles. The maximum absolute atomic E-state index is 14.6. The highest BCUT2D eigenvalue weighted by Crippen LogP contribution is 2.46. The summed E-state index contributed by atoms with van der Waals surface area (Å²) < 4.78 is 84.5. The van der Waals surface area contributed by atoms with Gasteiger partial charge in [0, 0.05) is 5.92 Å². The number of aryl methyl sites for hydroxylation is 1. The van der Waals surface area contributed by atoms with Crippen LogP contribution in [0.1, 0.15) is 61.6 Å². The average Bonchev–Trinajstić information content (AvgIpc) is 2.75. The molecular formula is C26H24F6O. The minimum absolute atomic E-state index is 0.0586. The summed E-state index contributed by atoms with van der Waals surface area (Å²) in [6, 6.07) is 10.1. The molecule has 0 saturated carbocycles. The van der Waals surface area contributed by atoms with E-state index in [0.29, 0.717) is 6.42 Å². The van der Waals surface area contributed by atoms with Gasteiger partial charge in [-0.15, -0.1) is 13.2 Å². The SMILES string of the molecule is CCCCC[C@@H]1CCc2c(ccc3ccc(F)cc23)[C@H]1c1cc(F)c(OC(F)(F)F)c(F)c1. The van der Waals surface area contributed by atoms with Crippen LogP contribution in [0.2, 0.25) is 0 Å². The molecule has 0 unspecified atom stereocenters. The van der Waals surface area contributed by atoms with E-state index in [-0.39, 0.29) is 17.3 Å². The van der Waals surface area contributed by atoms with Crippen molar-refractivity contribution in [2.24, 2.45) is 5.92 Å². The molecule has 0 radical (unpaired) electrons. The Labute approximate surface area is 188 Å². The van der Waals surface area contributed by atoms with Gasteiger partial charge in [-0.25, -0.2) is 13.2 Å². The molecule has 2 atom stereocenters. The Morgan fingerprint density at radius 2 is 1.64 bits per heavy atom. The predicted molar refractivity (Wildman–Crippen MR) is 115 cm³/mol.